The van der Waals surface area contributed by atoms with Crippen LogP contribution in [0, 0.1) is 13.8 Å². The first-order chi connectivity index (χ1) is 28.2. The molecule has 4 heterocycles. The SMILES string of the molecule is CCn1nc(C)cc1C(=O)/N=c1\[nH]c2cc(C(N)=O)cc(OC)c2n1C/C=C/Cn1/c(=N/C(=O)c2cc(C)nn2CC)[nH]c2cc(C(N)=O)cc(OCCCN(C)C)c21. The maximum Gasteiger partial charge on any atom is 0.298 e. The van der Waals surface area contributed by atoms with Crippen molar-refractivity contribution < 1.29 is 28.7 Å². The molecule has 0 aliphatic rings. The summed E-state index contributed by atoms with van der Waals surface area (Å²) in [5, 5.41) is 8.79. The lowest BCUT2D eigenvalue weighted by molar-refractivity contribution is 0.0978. The Bertz CT molecular complexity index is 2750. The fourth-order valence-electron chi connectivity index (χ4n) is 6.78. The number of rotatable bonds is 16. The number of methoxy groups -OCH3 is 1. The average Bonchev–Trinajstić information content (AvgIpc) is 3.96. The smallest absolute Gasteiger partial charge is 0.298 e. The molecule has 0 bridgehead atoms. The van der Waals surface area contributed by atoms with Crippen LogP contribution in [0.15, 0.2) is 58.5 Å². The second kappa shape index (κ2) is 17.6. The van der Waals surface area contributed by atoms with Crippen molar-refractivity contribution in [3.8, 4) is 11.5 Å². The average molecular weight is 808 g/mol. The van der Waals surface area contributed by atoms with E-state index < -0.39 is 23.6 Å². The van der Waals surface area contributed by atoms with E-state index in [9.17, 15) is 19.2 Å². The molecule has 4 amide bonds. The number of nitrogens with one attached hydrogen (secondary N) is 2. The molecule has 6 N–H and O–H groups in total. The number of imidazole rings is 2. The summed E-state index contributed by atoms with van der Waals surface area (Å²) >= 11 is 0. The number of fused-ring (bicyclic) bond motifs is 2. The van der Waals surface area contributed by atoms with Gasteiger partial charge in [-0.1, -0.05) is 12.2 Å². The number of carbonyl (C=O) groups is 4. The van der Waals surface area contributed by atoms with Gasteiger partial charge >= 0.3 is 0 Å². The number of aromatic nitrogens is 8. The zero-order valence-electron chi connectivity index (χ0n) is 34.2. The minimum Gasteiger partial charge on any atom is -0.494 e. The number of ether oxygens (including phenoxy) is 2. The Hall–Kier alpha value is -7.02. The Morgan fingerprint density at radius 1 is 0.746 bits per heavy atom. The molecule has 0 saturated heterocycles. The van der Waals surface area contributed by atoms with Crippen LogP contribution >= 0.6 is 0 Å². The Balaban J connectivity index is 1.47. The van der Waals surface area contributed by atoms with Crippen molar-refractivity contribution in [1.29, 1.82) is 0 Å². The van der Waals surface area contributed by atoms with Crippen LogP contribution in [0.25, 0.3) is 22.1 Å². The first-order valence-corrected chi connectivity index (χ1v) is 19.1. The van der Waals surface area contributed by atoms with E-state index in [1.807, 2.05) is 45.0 Å². The molecule has 310 valence electrons. The van der Waals surface area contributed by atoms with Crippen molar-refractivity contribution >= 4 is 45.7 Å². The van der Waals surface area contributed by atoms with Gasteiger partial charge in [-0.15, -0.1) is 0 Å². The van der Waals surface area contributed by atoms with Crippen LogP contribution in [0.5, 0.6) is 11.5 Å². The number of amides is 4. The summed E-state index contributed by atoms with van der Waals surface area (Å²) in [6, 6.07) is 9.63. The molecule has 0 fully saturated rings. The number of aromatic amines is 2. The summed E-state index contributed by atoms with van der Waals surface area (Å²) in [5.41, 5.74) is 16.2. The maximum atomic E-state index is 13.7. The quantitative estimate of drug-likeness (QED) is 0.0829. The third-order valence-electron chi connectivity index (χ3n) is 9.49. The molecule has 0 radical (unpaired) electrons. The third kappa shape index (κ3) is 8.94. The first kappa shape index (κ1) is 41.6. The van der Waals surface area contributed by atoms with Gasteiger partial charge in [-0.05, 0) is 84.6 Å². The van der Waals surface area contributed by atoms with E-state index in [-0.39, 0.29) is 35.5 Å². The van der Waals surface area contributed by atoms with Gasteiger partial charge in [0.15, 0.2) is 0 Å². The fraction of sp³-hybridized carbons (Fsp3) is 0.350. The lowest BCUT2D eigenvalue weighted by atomic mass is 10.1. The highest BCUT2D eigenvalue weighted by atomic mass is 16.5. The van der Waals surface area contributed by atoms with Crippen molar-refractivity contribution in [1.82, 2.24) is 43.6 Å². The van der Waals surface area contributed by atoms with Crippen LogP contribution in [0.4, 0.5) is 0 Å². The molecule has 19 nitrogen and oxygen atoms in total. The number of hydrogen-bond donors (Lipinski definition) is 4. The van der Waals surface area contributed by atoms with Crippen molar-refractivity contribution in [3.63, 3.8) is 0 Å². The molecular weight excluding hydrogens is 759 g/mol. The van der Waals surface area contributed by atoms with Crippen molar-refractivity contribution in [2.45, 2.75) is 60.3 Å². The van der Waals surface area contributed by atoms with Crippen molar-refractivity contribution in [2.24, 2.45) is 21.5 Å². The van der Waals surface area contributed by atoms with Crippen LogP contribution in [-0.4, -0.2) is 102 Å². The predicted molar refractivity (Wildman–Crippen MR) is 219 cm³/mol. The highest BCUT2D eigenvalue weighted by Gasteiger charge is 2.20. The first-order valence-electron chi connectivity index (χ1n) is 19.1. The van der Waals surface area contributed by atoms with Gasteiger partial charge in [0.1, 0.15) is 33.9 Å². The summed E-state index contributed by atoms with van der Waals surface area (Å²) in [4.78, 5) is 69.3. The molecular formula is C40H49N13O6. The zero-order valence-corrected chi connectivity index (χ0v) is 34.2. The normalized spacial score (nSPS) is 12.5. The van der Waals surface area contributed by atoms with Crippen LogP contribution in [0.1, 0.15) is 73.3 Å². The van der Waals surface area contributed by atoms with Crippen LogP contribution < -0.4 is 32.2 Å². The molecule has 0 saturated carbocycles. The van der Waals surface area contributed by atoms with E-state index in [4.69, 9.17) is 20.9 Å². The Morgan fingerprint density at radius 2 is 1.20 bits per heavy atom. The lowest BCUT2D eigenvalue weighted by Gasteiger charge is -2.13. The topological polar surface area (TPSA) is 244 Å². The summed E-state index contributed by atoms with van der Waals surface area (Å²) in [7, 11) is 5.40. The second-order valence-corrected chi connectivity index (χ2v) is 14.1. The van der Waals surface area contributed by atoms with E-state index in [1.54, 1.807) is 62.7 Å². The third-order valence-corrected chi connectivity index (χ3v) is 9.49. The van der Waals surface area contributed by atoms with Crippen LogP contribution in [-0.2, 0) is 26.2 Å². The predicted octanol–water partition coefficient (Wildman–Crippen LogP) is 2.58. The molecule has 6 rings (SSSR count). The van der Waals surface area contributed by atoms with E-state index in [1.165, 1.54) is 13.2 Å². The van der Waals surface area contributed by atoms with Gasteiger partial charge in [-0.2, -0.15) is 20.2 Å². The lowest BCUT2D eigenvalue weighted by Crippen LogP contribution is -2.22. The molecule has 6 aromatic rings. The van der Waals surface area contributed by atoms with Gasteiger partial charge in [-0.25, -0.2) is 0 Å². The van der Waals surface area contributed by atoms with Crippen LogP contribution in [0.3, 0.4) is 0 Å². The van der Waals surface area contributed by atoms with E-state index in [0.717, 1.165) is 6.54 Å². The Kier molecular flexibility index (Phi) is 12.4. The highest BCUT2D eigenvalue weighted by molar-refractivity contribution is 5.99. The van der Waals surface area contributed by atoms with Gasteiger partial charge in [-0.3, -0.25) is 28.5 Å². The van der Waals surface area contributed by atoms with E-state index >= 15 is 0 Å². The molecule has 0 aliphatic heterocycles. The maximum absolute atomic E-state index is 13.7. The van der Waals surface area contributed by atoms with Gasteiger partial charge in [0.05, 0.1) is 36.1 Å². The van der Waals surface area contributed by atoms with E-state index in [0.29, 0.717) is 82.5 Å². The van der Waals surface area contributed by atoms with Gasteiger partial charge in [0.2, 0.25) is 23.1 Å². The number of nitrogens with two attached hydrogens (primary N) is 2. The summed E-state index contributed by atoms with van der Waals surface area (Å²) in [5.74, 6) is -1.64. The van der Waals surface area contributed by atoms with Gasteiger partial charge in [0.25, 0.3) is 11.8 Å². The molecule has 0 spiro atoms. The number of H-pyrrole nitrogens is 2. The number of primary amides is 2. The summed E-state index contributed by atoms with van der Waals surface area (Å²) in [6.07, 6.45) is 4.41. The Labute approximate surface area is 338 Å². The van der Waals surface area contributed by atoms with E-state index in [2.05, 4.69) is 30.2 Å². The number of benzene rings is 2. The molecule has 4 aromatic heterocycles. The minimum atomic E-state index is -0.656. The summed E-state index contributed by atoms with van der Waals surface area (Å²) in [6.45, 7) is 9.77. The van der Waals surface area contributed by atoms with Gasteiger partial charge < -0.3 is 44.9 Å². The molecule has 0 unspecified atom stereocenters. The zero-order chi connectivity index (χ0) is 42.5. The number of hydrogen-bond acceptors (Lipinski definition) is 9. The van der Waals surface area contributed by atoms with Crippen molar-refractivity contribution in [2.75, 3.05) is 34.4 Å². The monoisotopic (exact) mass is 807 g/mol. The molecule has 19 heteroatoms. The molecule has 0 atom stereocenters. The minimum absolute atomic E-state index is 0.174. The molecule has 0 aliphatic carbocycles. The number of carbonyl (C=O) groups excluding carboxylic acids is 4. The number of nitrogens with zero attached hydrogens (tertiary/aromatic N) is 9. The fourth-order valence-corrected chi connectivity index (χ4v) is 6.78. The molecule has 59 heavy (non-hydrogen) atoms. The largest absolute Gasteiger partial charge is 0.494 e. The number of aryl methyl sites for hydroxylation is 4. The number of allylic oxidation sites excluding steroid dienone is 2. The Morgan fingerprint density at radius 3 is 1.63 bits per heavy atom. The second-order valence-electron chi connectivity index (χ2n) is 14.1. The van der Waals surface area contributed by atoms with Crippen LogP contribution in [0.2, 0.25) is 0 Å². The highest BCUT2D eigenvalue weighted by Crippen LogP contribution is 2.28. The van der Waals surface area contributed by atoms with Crippen molar-refractivity contribution in [3.05, 3.63) is 93.7 Å². The van der Waals surface area contributed by atoms with Gasteiger partial charge in [0, 0.05) is 43.9 Å². The standard InChI is InChI=1S/C40H49N13O6/c1-8-52-29(17-23(3)47-52)37(56)45-39-43-27-19-25(35(41)54)21-31(58-7)33(27)50(39)14-10-11-15-51-34-28(20-26(36(42)55)22-32(34)59-16-12-13-49(5)6)44-40(51)46-38(57)30-18-24(4)48-53(30)9-2/h10-11,17-22H,8-9,12-16H2,1-7H3,(H2,41,54)(H2,42,55)(H,43,45,56)(H,44,46,57)/b11-10+. The summed E-state index contributed by atoms with van der Waals surface area (Å²) < 4.78 is 18.6. The molecule has 2 aromatic carbocycles.